The molecule has 0 atom stereocenters. The van der Waals surface area contributed by atoms with Gasteiger partial charge in [0.25, 0.3) is 11.8 Å². The Hall–Kier alpha value is -5.55. The van der Waals surface area contributed by atoms with Gasteiger partial charge in [0.05, 0.1) is 22.5 Å². The van der Waals surface area contributed by atoms with Gasteiger partial charge >= 0.3 is 12.2 Å². The highest BCUT2D eigenvalue weighted by Crippen LogP contribution is 2.31. The van der Waals surface area contributed by atoms with E-state index in [2.05, 4.69) is 9.88 Å². The fourth-order valence-electron chi connectivity index (χ4n) is 6.81. The van der Waals surface area contributed by atoms with Crippen molar-refractivity contribution >= 4 is 57.4 Å². The van der Waals surface area contributed by atoms with Gasteiger partial charge in [0.1, 0.15) is 22.2 Å². The van der Waals surface area contributed by atoms with Gasteiger partial charge in [-0.05, 0) is 104 Å². The summed E-state index contributed by atoms with van der Waals surface area (Å²) >= 11 is 0. The zero-order chi connectivity index (χ0) is 39.7. The summed E-state index contributed by atoms with van der Waals surface area (Å²) in [6, 6.07) is 24.6. The Morgan fingerprint density at radius 2 is 1.29 bits per heavy atom. The van der Waals surface area contributed by atoms with Gasteiger partial charge in [-0.1, -0.05) is 43.2 Å². The molecule has 2 heterocycles. The van der Waals surface area contributed by atoms with Gasteiger partial charge in [-0.15, -0.1) is 4.57 Å². The molecular weight excluding hydrogens is 730 g/mol. The number of carbonyl (C=O) groups excluding carboxylic acids is 4. The van der Waals surface area contributed by atoms with Crippen molar-refractivity contribution in [3.63, 3.8) is 0 Å². The van der Waals surface area contributed by atoms with E-state index in [1.165, 1.54) is 4.90 Å². The summed E-state index contributed by atoms with van der Waals surface area (Å²) in [7, 11) is 0. The molecule has 56 heavy (non-hydrogen) atoms. The number of ether oxygens (including phenoxy) is 2. The second-order valence-electron chi connectivity index (χ2n) is 16.0. The Labute approximate surface area is 334 Å². The monoisotopic (exact) mass is 779 g/mol. The summed E-state index contributed by atoms with van der Waals surface area (Å²) in [6.45, 7) is 15.6. The zero-order valence-corrected chi connectivity index (χ0v) is 34.1. The van der Waals surface area contributed by atoms with Crippen molar-refractivity contribution in [3.05, 3.63) is 101 Å². The third kappa shape index (κ3) is 9.27. The number of carbonyl (C=O) groups is 4. The molecule has 0 unspecified atom stereocenters. The number of hydrogen-bond donors (Lipinski definition) is 1. The van der Waals surface area contributed by atoms with Crippen LogP contribution < -0.4 is 27.2 Å². The number of nitrogens with one attached hydrogen (secondary N) is 1. The molecule has 11 nitrogen and oxygen atoms in total. The Balaban J connectivity index is 0.00000600. The normalized spacial score (nSPS) is 12.8. The van der Waals surface area contributed by atoms with E-state index in [9.17, 15) is 19.2 Å². The van der Waals surface area contributed by atoms with E-state index in [1.54, 1.807) is 29.2 Å². The molecule has 294 valence electrons. The molecule has 0 bridgehead atoms. The Morgan fingerprint density at radius 3 is 1.89 bits per heavy atom. The van der Waals surface area contributed by atoms with Crippen molar-refractivity contribution < 1.29 is 45.6 Å². The largest absolute Gasteiger partial charge is 1.00 e. The lowest BCUT2D eigenvalue weighted by Gasteiger charge is -2.28. The predicted octanol–water partition coefficient (Wildman–Crippen LogP) is 6.23. The summed E-state index contributed by atoms with van der Waals surface area (Å²) < 4.78 is 13.6. The van der Waals surface area contributed by atoms with Gasteiger partial charge in [-0.2, -0.15) is 0 Å². The minimum atomic E-state index is -0.719. The van der Waals surface area contributed by atoms with Gasteiger partial charge in [-0.25, -0.2) is 14.6 Å². The van der Waals surface area contributed by atoms with Crippen molar-refractivity contribution in [2.45, 2.75) is 92.3 Å². The van der Waals surface area contributed by atoms with Gasteiger partial charge in [0.15, 0.2) is 0 Å². The van der Waals surface area contributed by atoms with Crippen LogP contribution in [-0.4, -0.2) is 58.2 Å². The van der Waals surface area contributed by atoms with E-state index in [4.69, 9.17) is 14.5 Å². The maximum absolute atomic E-state index is 13.9. The number of aromatic nitrogens is 2. The summed E-state index contributed by atoms with van der Waals surface area (Å²) in [5.41, 5.74) is 6.38. The van der Waals surface area contributed by atoms with Crippen LogP contribution in [0.2, 0.25) is 0 Å². The minimum absolute atomic E-state index is 0. The highest BCUT2D eigenvalue weighted by Gasteiger charge is 2.34. The Bertz CT molecular complexity index is 2260. The molecule has 6 rings (SSSR count). The van der Waals surface area contributed by atoms with Crippen molar-refractivity contribution in [1.82, 2.24) is 9.88 Å². The van der Waals surface area contributed by atoms with Gasteiger partial charge < -0.3 is 21.9 Å². The number of nitrogens with zero attached hydrogens (tertiary/aromatic N) is 4. The van der Waals surface area contributed by atoms with Crippen molar-refractivity contribution in [2.24, 2.45) is 0 Å². The number of unbranched alkanes of at least 4 members (excludes halogenated alkanes) is 3. The second kappa shape index (κ2) is 16.7. The van der Waals surface area contributed by atoms with Gasteiger partial charge in [0, 0.05) is 37.4 Å². The standard InChI is InChI=1S/C44H49N5O6.ClH/c1-28-24-34-37(26-33(28)46-41(52)54-43(3,4)5)49(30-18-12-11-13-19-30)38-27-36(29(2)25-35(38)45-34)47(42(53)55-44(6,7)8)22-16-9-10-17-23-48-39(50)31-20-14-15-21-32(31)40(48)51;/h11-15,18-21,24-27H,9-10,16-17,22-23H2,1-8H3;1H. The lowest BCUT2D eigenvalue weighted by atomic mass is 10.1. The first-order valence-electron chi connectivity index (χ1n) is 18.8. The molecular formula is C44H50ClN5O6. The van der Waals surface area contributed by atoms with E-state index in [0.717, 1.165) is 51.7 Å². The van der Waals surface area contributed by atoms with Crippen LogP contribution in [0.1, 0.15) is 99.1 Å². The molecule has 5 aromatic rings. The number of rotatable bonds is 10. The summed E-state index contributed by atoms with van der Waals surface area (Å²) in [5.74, 6) is -0.492. The molecule has 0 saturated heterocycles. The highest BCUT2D eigenvalue weighted by atomic mass is 35.5. The van der Waals surface area contributed by atoms with Crippen molar-refractivity contribution in [3.8, 4) is 5.69 Å². The van der Waals surface area contributed by atoms with E-state index in [1.807, 2.05) is 110 Å². The molecule has 4 aromatic carbocycles. The molecule has 0 spiro atoms. The topological polar surface area (TPSA) is 122 Å². The quantitative estimate of drug-likeness (QED) is 0.0773. The first kappa shape index (κ1) is 41.6. The fraction of sp³-hybridized carbons (Fsp3) is 0.364. The number of fused-ring (bicyclic) bond motifs is 3. The van der Waals surface area contributed by atoms with Crippen LogP contribution in [0.4, 0.5) is 21.0 Å². The van der Waals surface area contributed by atoms with E-state index in [0.29, 0.717) is 48.4 Å². The minimum Gasteiger partial charge on any atom is -1.00 e. The molecule has 1 aromatic heterocycles. The average Bonchev–Trinajstić information content (AvgIpc) is 3.34. The summed E-state index contributed by atoms with van der Waals surface area (Å²) in [5, 5.41) is 2.92. The SMILES string of the molecule is Cc1cc2nc3cc(C)c(N(CCCCCCN4C(=O)c5ccccc5C4=O)C(=O)OC(C)(C)C)cc3[n+](-c3ccccc3)c2cc1NC(=O)OC(C)(C)C.[Cl-]. The van der Waals surface area contributed by atoms with Crippen LogP contribution in [0.3, 0.4) is 0 Å². The maximum atomic E-state index is 13.9. The molecule has 0 radical (unpaired) electrons. The molecule has 1 aliphatic rings. The molecule has 0 fully saturated rings. The van der Waals surface area contributed by atoms with Crippen LogP contribution in [-0.2, 0) is 9.47 Å². The third-order valence-corrected chi connectivity index (χ3v) is 9.28. The molecule has 1 aliphatic heterocycles. The van der Waals surface area contributed by atoms with Crippen LogP contribution in [0.15, 0.2) is 78.9 Å². The van der Waals surface area contributed by atoms with Crippen molar-refractivity contribution in [2.75, 3.05) is 23.3 Å². The predicted molar refractivity (Wildman–Crippen MR) is 214 cm³/mol. The van der Waals surface area contributed by atoms with Crippen LogP contribution >= 0.6 is 0 Å². The molecule has 0 aliphatic carbocycles. The zero-order valence-electron chi connectivity index (χ0n) is 33.4. The number of benzene rings is 4. The Kier molecular flexibility index (Phi) is 12.4. The number of imide groups is 1. The fourth-order valence-corrected chi connectivity index (χ4v) is 6.81. The van der Waals surface area contributed by atoms with Crippen LogP contribution in [0.5, 0.6) is 0 Å². The van der Waals surface area contributed by atoms with E-state index >= 15 is 0 Å². The highest BCUT2D eigenvalue weighted by molar-refractivity contribution is 6.21. The first-order valence-corrected chi connectivity index (χ1v) is 18.8. The molecule has 12 heteroatoms. The van der Waals surface area contributed by atoms with Gasteiger partial charge in [-0.3, -0.25) is 24.7 Å². The molecule has 4 amide bonds. The smallest absolute Gasteiger partial charge is 0.414 e. The van der Waals surface area contributed by atoms with Crippen molar-refractivity contribution in [1.29, 1.82) is 0 Å². The number of halogens is 1. The molecule has 0 saturated carbocycles. The van der Waals surface area contributed by atoms with E-state index < -0.39 is 23.4 Å². The summed E-state index contributed by atoms with van der Waals surface area (Å²) in [6.07, 6.45) is 1.87. The Morgan fingerprint density at radius 1 is 0.732 bits per heavy atom. The van der Waals surface area contributed by atoms with E-state index in [-0.39, 0.29) is 24.2 Å². The number of para-hydroxylation sites is 1. The number of amides is 4. The number of hydrogen-bond acceptors (Lipinski definition) is 7. The number of anilines is 2. The average molecular weight is 780 g/mol. The van der Waals surface area contributed by atoms with Crippen LogP contribution in [0.25, 0.3) is 27.8 Å². The lowest BCUT2D eigenvalue weighted by Crippen LogP contribution is -3.00. The van der Waals surface area contributed by atoms with Gasteiger partial charge in [0.2, 0.25) is 16.7 Å². The van der Waals surface area contributed by atoms with Crippen LogP contribution in [0, 0.1) is 13.8 Å². The lowest BCUT2D eigenvalue weighted by molar-refractivity contribution is -0.538. The summed E-state index contributed by atoms with van der Waals surface area (Å²) in [4.78, 5) is 60.5. The molecule has 1 N–H and O–H groups in total. The first-order chi connectivity index (χ1) is 26.0. The number of aryl methyl sites for hydroxylation is 2. The third-order valence-electron chi connectivity index (χ3n) is 9.28. The second-order valence-corrected chi connectivity index (χ2v) is 16.0. The maximum Gasteiger partial charge on any atom is 0.414 e.